The molecule has 0 unspecified atom stereocenters. The van der Waals surface area contributed by atoms with Crippen LogP contribution in [0.5, 0.6) is 0 Å². The van der Waals surface area contributed by atoms with Crippen molar-refractivity contribution in [1.82, 2.24) is 0 Å². The standard InChI is InChI=1S/C21H23NO6S/c1-2-27-19(24)17-15(14-8-4-3-5-9-14)13-29-18(17)22-16(23)12-28-20(25)21(26)10-6-7-11-21/h3-5,8-9,13,26H,2,6-7,10-12H2,1H3,(H,22,23). The molecule has 0 saturated heterocycles. The third-order valence-corrected chi connectivity index (χ3v) is 5.65. The first kappa shape index (κ1) is 21.0. The molecule has 0 radical (unpaired) electrons. The lowest BCUT2D eigenvalue weighted by molar-refractivity contribution is -0.166. The zero-order valence-electron chi connectivity index (χ0n) is 16.1. The first-order valence-electron chi connectivity index (χ1n) is 9.48. The maximum absolute atomic E-state index is 12.5. The van der Waals surface area contributed by atoms with Crippen molar-refractivity contribution < 1.29 is 29.0 Å². The van der Waals surface area contributed by atoms with Crippen LogP contribution in [0.25, 0.3) is 11.1 Å². The number of esters is 2. The number of anilines is 1. The molecule has 29 heavy (non-hydrogen) atoms. The average molecular weight is 417 g/mol. The van der Waals surface area contributed by atoms with Gasteiger partial charge in [-0.05, 0) is 38.2 Å². The van der Waals surface area contributed by atoms with Gasteiger partial charge < -0.3 is 19.9 Å². The van der Waals surface area contributed by atoms with Gasteiger partial charge in [0.1, 0.15) is 10.6 Å². The van der Waals surface area contributed by atoms with Gasteiger partial charge in [-0.3, -0.25) is 4.79 Å². The van der Waals surface area contributed by atoms with Gasteiger partial charge >= 0.3 is 11.9 Å². The molecule has 1 aliphatic rings. The molecule has 0 atom stereocenters. The minimum absolute atomic E-state index is 0.201. The van der Waals surface area contributed by atoms with E-state index in [1.807, 2.05) is 30.3 Å². The fraction of sp³-hybridized carbons (Fsp3) is 0.381. The highest BCUT2D eigenvalue weighted by atomic mass is 32.1. The predicted octanol–water partition coefficient (Wildman–Crippen LogP) is 3.38. The van der Waals surface area contributed by atoms with Crippen molar-refractivity contribution in [3.63, 3.8) is 0 Å². The number of ether oxygens (including phenoxy) is 2. The van der Waals surface area contributed by atoms with Crippen LogP contribution in [0.2, 0.25) is 0 Å². The molecule has 2 aromatic rings. The molecule has 1 saturated carbocycles. The van der Waals surface area contributed by atoms with Crippen LogP contribution in [0.15, 0.2) is 35.7 Å². The number of thiophene rings is 1. The molecule has 1 amide bonds. The Labute approximate surface area is 172 Å². The first-order chi connectivity index (χ1) is 13.9. The van der Waals surface area contributed by atoms with Crippen molar-refractivity contribution in [2.75, 3.05) is 18.5 Å². The largest absolute Gasteiger partial charge is 0.462 e. The molecule has 3 rings (SSSR count). The highest BCUT2D eigenvalue weighted by molar-refractivity contribution is 7.15. The zero-order valence-corrected chi connectivity index (χ0v) is 16.9. The maximum atomic E-state index is 12.5. The molecule has 1 fully saturated rings. The molecular formula is C21H23NO6S. The molecule has 0 bridgehead atoms. The lowest BCUT2D eigenvalue weighted by Gasteiger charge is -2.19. The van der Waals surface area contributed by atoms with Crippen LogP contribution >= 0.6 is 11.3 Å². The average Bonchev–Trinajstić information content (AvgIpc) is 3.34. The highest BCUT2D eigenvalue weighted by Crippen LogP contribution is 2.36. The van der Waals surface area contributed by atoms with Crippen LogP contribution in [-0.2, 0) is 19.1 Å². The first-order valence-corrected chi connectivity index (χ1v) is 10.4. The number of hydrogen-bond acceptors (Lipinski definition) is 7. The summed E-state index contributed by atoms with van der Waals surface area (Å²) in [5.41, 5.74) is 0.237. The van der Waals surface area contributed by atoms with Crippen LogP contribution < -0.4 is 5.32 Å². The number of amides is 1. The minimum atomic E-state index is -1.50. The molecule has 2 N–H and O–H groups in total. The van der Waals surface area contributed by atoms with E-state index in [4.69, 9.17) is 9.47 Å². The second-order valence-electron chi connectivity index (χ2n) is 6.80. The molecular weight excluding hydrogens is 394 g/mol. The van der Waals surface area contributed by atoms with Crippen LogP contribution in [0, 0.1) is 0 Å². The van der Waals surface area contributed by atoms with Crippen LogP contribution in [0.3, 0.4) is 0 Å². The second-order valence-corrected chi connectivity index (χ2v) is 7.68. The highest BCUT2D eigenvalue weighted by Gasteiger charge is 2.40. The molecule has 1 aliphatic carbocycles. The lowest BCUT2D eigenvalue weighted by atomic mass is 10.0. The number of rotatable bonds is 7. The van der Waals surface area contributed by atoms with E-state index in [1.165, 1.54) is 11.3 Å². The quantitative estimate of drug-likeness (QED) is 0.670. The van der Waals surface area contributed by atoms with E-state index >= 15 is 0 Å². The zero-order chi connectivity index (χ0) is 20.9. The summed E-state index contributed by atoms with van der Waals surface area (Å²) in [6.45, 7) is 1.37. The third kappa shape index (κ3) is 4.83. The fourth-order valence-electron chi connectivity index (χ4n) is 3.28. The molecule has 154 valence electrons. The minimum Gasteiger partial charge on any atom is -0.462 e. The Morgan fingerprint density at radius 1 is 1.14 bits per heavy atom. The summed E-state index contributed by atoms with van der Waals surface area (Å²) < 4.78 is 10.1. The van der Waals surface area contributed by atoms with Crippen LogP contribution in [0.4, 0.5) is 5.00 Å². The molecule has 1 heterocycles. The summed E-state index contributed by atoms with van der Waals surface area (Å²) in [4.78, 5) is 36.8. The number of carbonyl (C=O) groups excluding carboxylic acids is 3. The van der Waals surface area contributed by atoms with Gasteiger partial charge in [0.2, 0.25) is 0 Å². The topological polar surface area (TPSA) is 102 Å². The number of aliphatic hydroxyl groups is 1. The SMILES string of the molecule is CCOC(=O)c1c(-c2ccccc2)csc1NC(=O)COC(=O)C1(O)CCCC1. The molecule has 8 heteroatoms. The Kier molecular flexibility index (Phi) is 6.66. The van der Waals surface area contributed by atoms with E-state index in [2.05, 4.69) is 5.32 Å². The Morgan fingerprint density at radius 3 is 2.48 bits per heavy atom. The predicted molar refractivity (Wildman–Crippen MR) is 109 cm³/mol. The van der Waals surface area contributed by atoms with Crippen molar-refractivity contribution in [3.05, 3.63) is 41.3 Å². The summed E-state index contributed by atoms with van der Waals surface area (Å²) in [6.07, 6.45) is 2.17. The van der Waals surface area contributed by atoms with Crippen molar-refractivity contribution >= 4 is 34.2 Å². The number of carbonyl (C=O) groups is 3. The Balaban J connectivity index is 1.72. The van der Waals surface area contributed by atoms with Gasteiger partial charge in [0.05, 0.1) is 6.61 Å². The Hall–Kier alpha value is -2.71. The van der Waals surface area contributed by atoms with E-state index < -0.39 is 30.1 Å². The molecule has 0 aliphatic heterocycles. The lowest BCUT2D eigenvalue weighted by Crippen LogP contribution is -2.38. The van der Waals surface area contributed by atoms with Crippen molar-refractivity contribution in [2.45, 2.75) is 38.2 Å². The Morgan fingerprint density at radius 2 is 1.83 bits per heavy atom. The van der Waals surface area contributed by atoms with Crippen LogP contribution in [0.1, 0.15) is 43.0 Å². The van der Waals surface area contributed by atoms with Gasteiger partial charge in [0.15, 0.2) is 12.2 Å². The van der Waals surface area contributed by atoms with Gasteiger partial charge in [-0.25, -0.2) is 9.59 Å². The summed E-state index contributed by atoms with van der Waals surface area (Å²) in [7, 11) is 0. The number of benzene rings is 1. The van der Waals surface area contributed by atoms with Gasteiger partial charge in [0.25, 0.3) is 5.91 Å². The second kappa shape index (κ2) is 9.19. The smallest absolute Gasteiger partial charge is 0.341 e. The van der Waals surface area contributed by atoms with E-state index in [0.717, 1.165) is 18.4 Å². The van der Waals surface area contributed by atoms with Crippen LogP contribution in [-0.4, -0.2) is 41.8 Å². The third-order valence-electron chi connectivity index (χ3n) is 4.75. The van der Waals surface area contributed by atoms with E-state index in [-0.39, 0.29) is 12.2 Å². The van der Waals surface area contributed by atoms with E-state index in [1.54, 1.807) is 12.3 Å². The summed E-state index contributed by atoms with van der Waals surface area (Å²) in [5, 5.41) is 14.9. The molecule has 1 aromatic carbocycles. The van der Waals surface area contributed by atoms with Crippen molar-refractivity contribution in [1.29, 1.82) is 0 Å². The molecule has 1 aromatic heterocycles. The summed E-state index contributed by atoms with van der Waals surface area (Å²) >= 11 is 1.19. The van der Waals surface area contributed by atoms with Gasteiger partial charge in [0, 0.05) is 10.9 Å². The number of nitrogens with one attached hydrogen (secondary N) is 1. The van der Waals surface area contributed by atoms with Gasteiger partial charge in [-0.1, -0.05) is 30.3 Å². The van der Waals surface area contributed by atoms with Crippen molar-refractivity contribution in [3.8, 4) is 11.1 Å². The van der Waals surface area contributed by atoms with Gasteiger partial charge in [-0.2, -0.15) is 0 Å². The fourth-order valence-corrected chi connectivity index (χ4v) is 4.25. The summed E-state index contributed by atoms with van der Waals surface area (Å²) in [5.74, 6) is -1.92. The van der Waals surface area contributed by atoms with Crippen molar-refractivity contribution in [2.24, 2.45) is 0 Å². The molecule has 0 spiro atoms. The molecule has 7 nitrogen and oxygen atoms in total. The maximum Gasteiger partial charge on any atom is 0.341 e. The van der Waals surface area contributed by atoms with E-state index in [9.17, 15) is 19.5 Å². The summed E-state index contributed by atoms with van der Waals surface area (Å²) in [6, 6.07) is 9.30. The van der Waals surface area contributed by atoms with Gasteiger partial charge in [-0.15, -0.1) is 11.3 Å². The monoisotopic (exact) mass is 417 g/mol. The van der Waals surface area contributed by atoms with E-state index in [0.29, 0.717) is 23.4 Å². The normalized spacial score (nSPS) is 15.0. The number of hydrogen-bond donors (Lipinski definition) is 2. The Bertz CT molecular complexity index is 886.